The van der Waals surface area contributed by atoms with E-state index in [0.29, 0.717) is 13.1 Å². The van der Waals surface area contributed by atoms with E-state index in [1.807, 2.05) is 24.3 Å². The van der Waals surface area contributed by atoms with Gasteiger partial charge in [-0.25, -0.2) is 0 Å². The van der Waals surface area contributed by atoms with Crippen molar-refractivity contribution in [3.05, 3.63) is 64.7 Å². The molecule has 0 amide bonds. The normalized spacial score (nSPS) is 14.4. The number of halogens is 2. The fourth-order valence-corrected chi connectivity index (χ4v) is 3.20. The van der Waals surface area contributed by atoms with Crippen molar-refractivity contribution in [3.63, 3.8) is 0 Å². The molecule has 2 N–H and O–H groups in total. The maximum Gasteiger partial charge on any atom is 0.191 e. The van der Waals surface area contributed by atoms with Crippen LogP contribution in [0.3, 0.4) is 0 Å². The Hall–Kier alpha value is -1.51. The van der Waals surface area contributed by atoms with Crippen molar-refractivity contribution < 1.29 is 4.74 Å². The summed E-state index contributed by atoms with van der Waals surface area (Å²) in [4.78, 5) is 6.68. The summed E-state index contributed by atoms with van der Waals surface area (Å²) in [5, 5.41) is 7.47. The van der Waals surface area contributed by atoms with Crippen molar-refractivity contribution in [1.82, 2.24) is 10.6 Å². The van der Waals surface area contributed by atoms with Crippen molar-refractivity contribution in [3.8, 4) is 0 Å². The van der Waals surface area contributed by atoms with Gasteiger partial charge in [0.05, 0.1) is 13.2 Å². The van der Waals surface area contributed by atoms with Gasteiger partial charge in [-0.05, 0) is 23.3 Å². The second kappa shape index (κ2) is 11.4. The molecule has 2 aromatic rings. The average molecular weight is 501 g/mol. The number of para-hydroxylation sites is 1. The molecule has 1 fully saturated rings. The van der Waals surface area contributed by atoms with E-state index in [2.05, 4.69) is 44.8 Å². The molecule has 0 aliphatic carbocycles. The molecule has 146 valence electrons. The van der Waals surface area contributed by atoms with E-state index in [9.17, 15) is 0 Å². The molecule has 0 unspecified atom stereocenters. The van der Waals surface area contributed by atoms with Gasteiger partial charge in [0.25, 0.3) is 0 Å². The van der Waals surface area contributed by atoms with Crippen LogP contribution in [0, 0.1) is 0 Å². The standard InChI is InChI=1S/C20H25ClN4O.HI/c1-22-20(23-14-16-6-2-4-8-18(16)21)24-15-17-7-3-5-9-19(17)25-10-12-26-13-11-25;/h2-9H,10-15H2,1H3,(H2,22,23,24);1H. The summed E-state index contributed by atoms with van der Waals surface area (Å²) in [6, 6.07) is 16.3. The zero-order valence-corrected chi connectivity index (χ0v) is 18.5. The molecular weight excluding hydrogens is 475 g/mol. The topological polar surface area (TPSA) is 48.9 Å². The van der Waals surface area contributed by atoms with Crippen molar-refractivity contribution in [2.24, 2.45) is 4.99 Å². The van der Waals surface area contributed by atoms with Gasteiger partial charge in [-0.15, -0.1) is 24.0 Å². The van der Waals surface area contributed by atoms with Crippen LogP contribution in [0.5, 0.6) is 0 Å². The summed E-state index contributed by atoms with van der Waals surface area (Å²) in [6.07, 6.45) is 0. The number of nitrogens with zero attached hydrogens (tertiary/aromatic N) is 2. The number of morpholine rings is 1. The first kappa shape index (κ1) is 21.8. The Morgan fingerprint density at radius 1 is 1.00 bits per heavy atom. The number of ether oxygens (including phenoxy) is 1. The van der Waals surface area contributed by atoms with E-state index in [0.717, 1.165) is 42.8 Å². The van der Waals surface area contributed by atoms with E-state index in [4.69, 9.17) is 16.3 Å². The van der Waals surface area contributed by atoms with Crippen LogP contribution in [0.15, 0.2) is 53.5 Å². The van der Waals surface area contributed by atoms with E-state index in [1.54, 1.807) is 7.05 Å². The van der Waals surface area contributed by atoms with Crippen LogP contribution in [-0.4, -0.2) is 39.3 Å². The lowest BCUT2D eigenvalue weighted by atomic mass is 10.1. The molecule has 5 nitrogen and oxygen atoms in total. The Morgan fingerprint density at radius 3 is 2.26 bits per heavy atom. The highest BCUT2D eigenvalue weighted by atomic mass is 127. The Kier molecular flexibility index (Phi) is 9.17. The third kappa shape index (κ3) is 6.26. The fourth-order valence-electron chi connectivity index (χ4n) is 2.99. The first-order valence-electron chi connectivity index (χ1n) is 8.86. The monoisotopic (exact) mass is 500 g/mol. The molecule has 0 spiro atoms. The molecule has 1 heterocycles. The van der Waals surface area contributed by atoms with Crippen LogP contribution in [0.25, 0.3) is 0 Å². The Morgan fingerprint density at radius 2 is 1.59 bits per heavy atom. The van der Waals surface area contributed by atoms with Crippen LogP contribution in [0.4, 0.5) is 5.69 Å². The number of hydrogen-bond donors (Lipinski definition) is 2. The quantitative estimate of drug-likeness (QED) is 0.374. The molecule has 0 radical (unpaired) electrons. The van der Waals surface area contributed by atoms with E-state index < -0.39 is 0 Å². The fraction of sp³-hybridized carbons (Fsp3) is 0.350. The maximum atomic E-state index is 6.21. The minimum Gasteiger partial charge on any atom is -0.378 e. The summed E-state index contributed by atoms with van der Waals surface area (Å²) < 4.78 is 5.46. The van der Waals surface area contributed by atoms with Gasteiger partial charge in [0.1, 0.15) is 0 Å². The SMILES string of the molecule is CN=C(NCc1ccccc1Cl)NCc1ccccc1N1CCOCC1.I. The first-order valence-corrected chi connectivity index (χ1v) is 9.24. The van der Waals surface area contributed by atoms with Crippen molar-refractivity contribution in [1.29, 1.82) is 0 Å². The average Bonchev–Trinajstić information content (AvgIpc) is 2.70. The number of guanidine groups is 1. The van der Waals surface area contributed by atoms with Crippen LogP contribution < -0.4 is 15.5 Å². The highest BCUT2D eigenvalue weighted by molar-refractivity contribution is 14.0. The number of rotatable bonds is 5. The second-order valence-corrected chi connectivity index (χ2v) is 6.51. The summed E-state index contributed by atoms with van der Waals surface area (Å²) in [6.45, 7) is 4.75. The second-order valence-electron chi connectivity index (χ2n) is 6.10. The van der Waals surface area contributed by atoms with Gasteiger partial charge in [0.15, 0.2) is 5.96 Å². The van der Waals surface area contributed by atoms with Crippen molar-refractivity contribution in [2.75, 3.05) is 38.3 Å². The van der Waals surface area contributed by atoms with Crippen LogP contribution in [-0.2, 0) is 17.8 Å². The van der Waals surface area contributed by atoms with Gasteiger partial charge in [-0.1, -0.05) is 48.0 Å². The van der Waals surface area contributed by atoms with Crippen molar-refractivity contribution >= 4 is 47.2 Å². The molecule has 0 atom stereocenters. The molecule has 3 rings (SSSR count). The van der Waals surface area contributed by atoms with Crippen LogP contribution >= 0.6 is 35.6 Å². The molecule has 27 heavy (non-hydrogen) atoms. The maximum absolute atomic E-state index is 6.21. The minimum atomic E-state index is 0. The Bertz CT molecular complexity index is 750. The molecule has 2 aromatic carbocycles. The predicted octanol–water partition coefficient (Wildman–Crippen LogP) is 3.66. The Labute approximate surface area is 183 Å². The molecule has 0 saturated carbocycles. The first-order chi connectivity index (χ1) is 12.8. The third-order valence-corrected chi connectivity index (χ3v) is 4.79. The molecular formula is C20H26ClIN4O. The summed E-state index contributed by atoms with van der Waals surface area (Å²) >= 11 is 6.21. The van der Waals surface area contributed by atoms with Gasteiger partial charge in [0, 0.05) is 43.9 Å². The largest absolute Gasteiger partial charge is 0.378 e. The number of anilines is 1. The summed E-state index contributed by atoms with van der Waals surface area (Å²) in [7, 11) is 1.77. The lowest BCUT2D eigenvalue weighted by molar-refractivity contribution is 0.122. The van der Waals surface area contributed by atoms with Gasteiger partial charge < -0.3 is 20.3 Å². The zero-order valence-electron chi connectivity index (χ0n) is 15.5. The van der Waals surface area contributed by atoms with Gasteiger partial charge >= 0.3 is 0 Å². The highest BCUT2D eigenvalue weighted by Gasteiger charge is 2.14. The Balaban J connectivity index is 0.00000261. The summed E-state index contributed by atoms with van der Waals surface area (Å²) in [5.41, 5.74) is 3.55. The molecule has 1 aliphatic heterocycles. The minimum absolute atomic E-state index is 0. The van der Waals surface area contributed by atoms with E-state index in [-0.39, 0.29) is 24.0 Å². The summed E-state index contributed by atoms with van der Waals surface area (Å²) in [5.74, 6) is 0.752. The molecule has 0 bridgehead atoms. The smallest absolute Gasteiger partial charge is 0.191 e. The number of nitrogens with one attached hydrogen (secondary N) is 2. The zero-order chi connectivity index (χ0) is 18.2. The predicted molar refractivity (Wildman–Crippen MR) is 123 cm³/mol. The van der Waals surface area contributed by atoms with E-state index in [1.165, 1.54) is 11.3 Å². The van der Waals surface area contributed by atoms with Gasteiger partial charge in [-0.3, -0.25) is 4.99 Å². The molecule has 7 heteroatoms. The number of hydrogen-bond acceptors (Lipinski definition) is 3. The van der Waals surface area contributed by atoms with E-state index >= 15 is 0 Å². The molecule has 1 aliphatic rings. The van der Waals surface area contributed by atoms with Gasteiger partial charge in [-0.2, -0.15) is 0 Å². The number of aliphatic imine (C=N–C) groups is 1. The molecule has 0 aromatic heterocycles. The molecule has 1 saturated heterocycles. The lowest BCUT2D eigenvalue weighted by Gasteiger charge is -2.30. The van der Waals surface area contributed by atoms with Gasteiger partial charge in [0.2, 0.25) is 0 Å². The third-order valence-electron chi connectivity index (χ3n) is 4.42. The van der Waals surface area contributed by atoms with Crippen LogP contribution in [0.1, 0.15) is 11.1 Å². The van der Waals surface area contributed by atoms with Crippen LogP contribution in [0.2, 0.25) is 5.02 Å². The lowest BCUT2D eigenvalue weighted by Crippen LogP contribution is -2.39. The highest BCUT2D eigenvalue weighted by Crippen LogP contribution is 2.21. The number of benzene rings is 2. The van der Waals surface area contributed by atoms with Crippen molar-refractivity contribution in [2.45, 2.75) is 13.1 Å².